The maximum atomic E-state index is 6.34. The highest BCUT2D eigenvalue weighted by molar-refractivity contribution is 6.52. The molecule has 1 fully saturated rings. The molecule has 0 N–H and O–H groups in total. The van der Waals surface area contributed by atoms with Crippen LogP contribution in [0.5, 0.6) is 0 Å². The van der Waals surface area contributed by atoms with E-state index in [2.05, 4.69) is 25.1 Å². The van der Waals surface area contributed by atoms with Gasteiger partial charge < -0.3 is 0 Å². The summed E-state index contributed by atoms with van der Waals surface area (Å²) in [5, 5.41) is 0. The van der Waals surface area contributed by atoms with Crippen molar-refractivity contribution in [3.8, 4) is 0 Å². The van der Waals surface area contributed by atoms with E-state index in [0.717, 1.165) is 12.8 Å². The smallest absolute Gasteiger partial charge is 0.101 e. The third kappa shape index (κ3) is 1.21. The van der Waals surface area contributed by atoms with Crippen molar-refractivity contribution < 1.29 is 0 Å². The van der Waals surface area contributed by atoms with Crippen LogP contribution in [-0.4, -0.2) is 4.33 Å². The van der Waals surface area contributed by atoms with E-state index in [1.807, 2.05) is 0 Å². The van der Waals surface area contributed by atoms with Crippen LogP contribution in [0.15, 0.2) is 18.2 Å². The van der Waals surface area contributed by atoms with Crippen LogP contribution in [0.25, 0.3) is 0 Å². The molecule has 2 aliphatic carbocycles. The highest BCUT2D eigenvalue weighted by atomic mass is 35.5. The Morgan fingerprint density at radius 3 is 2.67 bits per heavy atom. The summed E-state index contributed by atoms with van der Waals surface area (Å²) in [5.74, 6) is 0. The molecular weight excluding hydrogens is 227 g/mol. The van der Waals surface area contributed by atoms with Crippen LogP contribution in [-0.2, 0) is 11.8 Å². The quantitative estimate of drug-likeness (QED) is 0.598. The monoisotopic (exact) mass is 240 g/mol. The van der Waals surface area contributed by atoms with Gasteiger partial charge in [0, 0.05) is 5.41 Å². The summed E-state index contributed by atoms with van der Waals surface area (Å²) in [7, 11) is 0. The molecule has 1 atom stereocenters. The molecule has 0 heterocycles. The fourth-order valence-corrected chi connectivity index (χ4v) is 4.04. The van der Waals surface area contributed by atoms with E-state index in [0.29, 0.717) is 0 Å². The minimum atomic E-state index is -0.506. The van der Waals surface area contributed by atoms with Gasteiger partial charge in [-0.25, -0.2) is 0 Å². The lowest BCUT2D eigenvalue weighted by Crippen LogP contribution is -2.23. The van der Waals surface area contributed by atoms with Crippen molar-refractivity contribution in [2.75, 3.05) is 0 Å². The topological polar surface area (TPSA) is 0 Å². The second-order valence-electron chi connectivity index (χ2n) is 4.93. The van der Waals surface area contributed by atoms with Gasteiger partial charge in [-0.2, -0.15) is 0 Å². The van der Waals surface area contributed by atoms with Gasteiger partial charge in [-0.3, -0.25) is 0 Å². The molecule has 1 saturated carbocycles. The molecule has 2 heteroatoms. The molecule has 3 rings (SSSR count). The molecule has 0 radical (unpaired) electrons. The first-order chi connectivity index (χ1) is 7.07. The number of hydrogen-bond acceptors (Lipinski definition) is 0. The standard InChI is InChI=1S/C13H14Cl2/c1-9-4-2-5-10-6-3-7-12(11(9)10)8-13(12,14)15/h2,4-5H,3,6-8H2,1H3. The van der Waals surface area contributed by atoms with Crippen LogP contribution < -0.4 is 0 Å². The van der Waals surface area contributed by atoms with Gasteiger partial charge in [0.25, 0.3) is 0 Å². The van der Waals surface area contributed by atoms with Crippen LogP contribution in [0.2, 0.25) is 0 Å². The molecular formula is C13H14Cl2. The van der Waals surface area contributed by atoms with Crippen molar-refractivity contribution in [3.63, 3.8) is 0 Å². The van der Waals surface area contributed by atoms with E-state index in [9.17, 15) is 0 Å². The van der Waals surface area contributed by atoms with E-state index in [4.69, 9.17) is 23.2 Å². The van der Waals surface area contributed by atoms with Gasteiger partial charge in [0.2, 0.25) is 0 Å². The first-order valence-corrected chi connectivity index (χ1v) is 6.29. The largest absolute Gasteiger partial charge is 0.129 e. The molecule has 0 aliphatic heterocycles. The SMILES string of the molecule is Cc1cccc2c1C1(CCC2)CC1(Cl)Cl. The molecule has 0 aromatic heterocycles. The summed E-state index contributed by atoms with van der Waals surface area (Å²) >= 11 is 12.7. The Balaban J connectivity index is 2.20. The van der Waals surface area contributed by atoms with Gasteiger partial charge >= 0.3 is 0 Å². The Bertz CT molecular complexity index is 423. The molecule has 0 amide bonds. The average molecular weight is 241 g/mol. The number of aryl methyl sites for hydroxylation is 2. The summed E-state index contributed by atoms with van der Waals surface area (Å²) in [6.07, 6.45) is 4.49. The summed E-state index contributed by atoms with van der Waals surface area (Å²) in [6, 6.07) is 6.54. The Labute approximate surface area is 101 Å². The zero-order chi connectivity index (χ0) is 10.7. The zero-order valence-electron chi connectivity index (χ0n) is 8.82. The molecule has 0 saturated heterocycles. The van der Waals surface area contributed by atoms with Crippen molar-refractivity contribution in [1.29, 1.82) is 0 Å². The molecule has 1 aromatic rings. The number of benzene rings is 1. The second-order valence-corrected chi connectivity index (χ2v) is 6.41. The molecule has 0 bridgehead atoms. The maximum Gasteiger partial charge on any atom is 0.129 e. The highest BCUT2D eigenvalue weighted by Crippen LogP contribution is 2.69. The number of rotatable bonds is 0. The zero-order valence-corrected chi connectivity index (χ0v) is 10.3. The Morgan fingerprint density at radius 1 is 1.27 bits per heavy atom. The van der Waals surface area contributed by atoms with Crippen LogP contribution >= 0.6 is 23.2 Å². The lowest BCUT2D eigenvalue weighted by atomic mass is 9.78. The minimum absolute atomic E-state index is 0.0784. The molecule has 1 aromatic carbocycles. The van der Waals surface area contributed by atoms with Crippen molar-refractivity contribution in [2.45, 2.75) is 42.4 Å². The van der Waals surface area contributed by atoms with E-state index in [1.54, 1.807) is 0 Å². The predicted molar refractivity (Wildman–Crippen MR) is 64.8 cm³/mol. The van der Waals surface area contributed by atoms with Gasteiger partial charge in [-0.15, -0.1) is 23.2 Å². The predicted octanol–water partition coefficient (Wildman–Crippen LogP) is 4.15. The molecule has 80 valence electrons. The number of fused-ring (bicyclic) bond motifs is 2. The van der Waals surface area contributed by atoms with Crippen LogP contribution in [0.1, 0.15) is 36.0 Å². The normalized spacial score (nSPS) is 31.4. The van der Waals surface area contributed by atoms with Crippen molar-refractivity contribution in [3.05, 3.63) is 34.9 Å². The van der Waals surface area contributed by atoms with E-state index < -0.39 is 4.33 Å². The number of halogens is 2. The average Bonchev–Trinajstić information content (AvgIpc) is 2.68. The Hall–Kier alpha value is -0.200. The fraction of sp³-hybridized carbons (Fsp3) is 0.538. The first kappa shape index (κ1) is 9.99. The van der Waals surface area contributed by atoms with E-state index >= 15 is 0 Å². The van der Waals surface area contributed by atoms with Crippen LogP contribution in [0.4, 0.5) is 0 Å². The van der Waals surface area contributed by atoms with Crippen LogP contribution in [0.3, 0.4) is 0 Å². The minimum Gasteiger partial charge on any atom is -0.101 e. The summed E-state index contributed by atoms with van der Waals surface area (Å²) in [4.78, 5) is 0. The molecule has 1 spiro atoms. The van der Waals surface area contributed by atoms with Gasteiger partial charge in [0.15, 0.2) is 0 Å². The van der Waals surface area contributed by atoms with Crippen molar-refractivity contribution >= 4 is 23.2 Å². The first-order valence-electron chi connectivity index (χ1n) is 5.54. The summed E-state index contributed by atoms with van der Waals surface area (Å²) in [5.41, 5.74) is 4.34. The maximum absolute atomic E-state index is 6.34. The van der Waals surface area contributed by atoms with Gasteiger partial charge in [-0.05, 0) is 49.3 Å². The van der Waals surface area contributed by atoms with Gasteiger partial charge in [-0.1, -0.05) is 18.2 Å². The van der Waals surface area contributed by atoms with Gasteiger partial charge in [0.05, 0.1) is 0 Å². The lowest BCUT2D eigenvalue weighted by Gasteiger charge is -2.28. The Morgan fingerprint density at radius 2 is 2.00 bits per heavy atom. The number of hydrogen-bond donors (Lipinski definition) is 0. The lowest BCUT2D eigenvalue weighted by molar-refractivity contribution is 0.533. The summed E-state index contributed by atoms with van der Waals surface area (Å²) < 4.78 is -0.506. The Kier molecular flexibility index (Phi) is 1.95. The molecule has 2 aliphatic rings. The summed E-state index contributed by atoms with van der Waals surface area (Å²) in [6.45, 7) is 2.17. The third-order valence-corrected chi connectivity index (χ3v) is 4.98. The van der Waals surface area contributed by atoms with E-state index in [1.165, 1.54) is 29.5 Å². The van der Waals surface area contributed by atoms with Gasteiger partial charge in [0.1, 0.15) is 4.33 Å². The number of alkyl halides is 2. The molecule has 1 unspecified atom stereocenters. The second kappa shape index (κ2) is 2.93. The molecule has 0 nitrogen and oxygen atoms in total. The van der Waals surface area contributed by atoms with Crippen LogP contribution in [0, 0.1) is 6.92 Å². The van der Waals surface area contributed by atoms with E-state index in [-0.39, 0.29) is 5.41 Å². The highest BCUT2D eigenvalue weighted by Gasteiger charge is 2.68. The third-order valence-electron chi connectivity index (χ3n) is 3.99. The van der Waals surface area contributed by atoms with Crippen molar-refractivity contribution in [2.24, 2.45) is 0 Å². The van der Waals surface area contributed by atoms with Crippen molar-refractivity contribution in [1.82, 2.24) is 0 Å². The fourth-order valence-electron chi connectivity index (χ4n) is 3.20. The molecule has 15 heavy (non-hydrogen) atoms.